The molecular formula is C32H19ClO5. The van der Waals surface area contributed by atoms with Gasteiger partial charge in [0.05, 0.1) is 5.92 Å². The summed E-state index contributed by atoms with van der Waals surface area (Å²) >= 11 is 6.21. The number of carbonyl (C=O) groups excluding carboxylic acids is 4. The number of carbonyl (C=O) groups is 4. The number of benzene rings is 4. The van der Waals surface area contributed by atoms with E-state index < -0.39 is 46.2 Å². The van der Waals surface area contributed by atoms with Crippen LogP contribution < -0.4 is 0 Å². The van der Waals surface area contributed by atoms with Crippen LogP contribution in [-0.2, 0) is 4.74 Å². The maximum atomic E-state index is 14.5. The molecule has 1 aliphatic heterocycles. The summed E-state index contributed by atoms with van der Waals surface area (Å²) in [5.41, 5.74) is -2.04. The Bertz CT molecular complexity index is 1620. The minimum absolute atomic E-state index is 0.218. The Morgan fingerprint density at radius 1 is 0.526 bits per heavy atom. The Labute approximate surface area is 223 Å². The first-order chi connectivity index (χ1) is 18.4. The molecule has 4 aromatic carbocycles. The zero-order valence-corrected chi connectivity index (χ0v) is 20.6. The van der Waals surface area contributed by atoms with Gasteiger partial charge in [-0.3, -0.25) is 19.2 Å². The van der Waals surface area contributed by atoms with Gasteiger partial charge >= 0.3 is 0 Å². The zero-order chi connectivity index (χ0) is 26.2. The van der Waals surface area contributed by atoms with Gasteiger partial charge in [0.2, 0.25) is 17.2 Å². The molecule has 2 aliphatic carbocycles. The van der Waals surface area contributed by atoms with E-state index in [1.54, 1.807) is 97.1 Å². The number of Topliss-reactive ketones (excluding diaryl/α,β-unsaturated/α-hetero) is 4. The lowest BCUT2D eigenvalue weighted by molar-refractivity contribution is -0.0210. The number of halogens is 1. The number of ketones is 4. The van der Waals surface area contributed by atoms with E-state index >= 15 is 0 Å². The SMILES string of the molecule is O=C1c2ccccc2C(=O)C12O[C@@H](c1ccccc1)C1(C(=O)c3ccccc3C1=O)[C@H]2c1ccc(Cl)cc1. The number of rotatable bonds is 2. The van der Waals surface area contributed by atoms with Crippen molar-refractivity contribution in [1.82, 2.24) is 0 Å². The molecule has 1 heterocycles. The van der Waals surface area contributed by atoms with Crippen LogP contribution in [0.15, 0.2) is 103 Å². The van der Waals surface area contributed by atoms with Gasteiger partial charge in [-0.1, -0.05) is 103 Å². The lowest BCUT2D eigenvalue weighted by atomic mass is 9.60. The smallest absolute Gasteiger partial charge is 0.204 e. The fourth-order valence-electron chi connectivity index (χ4n) is 6.61. The molecule has 6 heteroatoms. The van der Waals surface area contributed by atoms with Gasteiger partial charge in [-0.2, -0.15) is 0 Å². The predicted molar refractivity (Wildman–Crippen MR) is 140 cm³/mol. The second-order valence-electron chi connectivity index (χ2n) is 9.91. The van der Waals surface area contributed by atoms with E-state index in [4.69, 9.17) is 16.3 Å². The van der Waals surface area contributed by atoms with Crippen molar-refractivity contribution in [1.29, 1.82) is 0 Å². The number of hydrogen-bond donors (Lipinski definition) is 0. The molecule has 4 aromatic rings. The highest BCUT2D eigenvalue weighted by Gasteiger charge is 2.79. The first-order valence-corrected chi connectivity index (χ1v) is 12.7. The van der Waals surface area contributed by atoms with Crippen LogP contribution in [0.2, 0.25) is 5.02 Å². The molecule has 0 aromatic heterocycles. The van der Waals surface area contributed by atoms with Crippen LogP contribution in [0.25, 0.3) is 0 Å². The molecular weight excluding hydrogens is 500 g/mol. The Balaban J connectivity index is 1.59. The number of ether oxygens (including phenoxy) is 1. The van der Waals surface area contributed by atoms with E-state index in [9.17, 15) is 19.2 Å². The van der Waals surface area contributed by atoms with Crippen LogP contribution in [0, 0.1) is 5.41 Å². The highest BCUT2D eigenvalue weighted by molar-refractivity contribution is 6.37. The molecule has 1 saturated heterocycles. The highest BCUT2D eigenvalue weighted by atomic mass is 35.5. The van der Waals surface area contributed by atoms with E-state index in [2.05, 4.69) is 0 Å². The summed E-state index contributed by atoms with van der Waals surface area (Å²) in [6.07, 6.45) is -1.18. The topological polar surface area (TPSA) is 77.5 Å². The molecule has 0 N–H and O–H groups in total. The van der Waals surface area contributed by atoms with Crippen molar-refractivity contribution >= 4 is 34.7 Å². The second kappa shape index (κ2) is 7.90. The quantitative estimate of drug-likeness (QED) is 0.301. The average molecular weight is 519 g/mol. The van der Waals surface area contributed by atoms with E-state index in [0.29, 0.717) is 16.1 Å². The van der Waals surface area contributed by atoms with Crippen molar-refractivity contribution in [2.45, 2.75) is 17.6 Å². The average Bonchev–Trinajstić information content (AvgIpc) is 3.48. The normalized spacial score (nSPS) is 22.3. The van der Waals surface area contributed by atoms with Crippen molar-refractivity contribution in [2.75, 3.05) is 0 Å². The first kappa shape index (κ1) is 23.0. The fraction of sp³-hybridized carbons (Fsp3) is 0.125. The summed E-state index contributed by atoms with van der Waals surface area (Å²) in [6, 6.07) is 28.6. The molecule has 2 atom stereocenters. The maximum Gasteiger partial charge on any atom is 0.204 e. The van der Waals surface area contributed by atoms with Gasteiger partial charge in [0, 0.05) is 27.3 Å². The third-order valence-electron chi connectivity index (χ3n) is 8.14. The zero-order valence-electron chi connectivity index (χ0n) is 19.9. The Hall–Kier alpha value is -4.19. The van der Waals surface area contributed by atoms with Gasteiger partial charge in [0.15, 0.2) is 11.6 Å². The van der Waals surface area contributed by atoms with Crippen molar-refractivity contribution in [3.8, 4) is 0 Å². The minimum Gasteiger partial charge on any atom is -0.348 e. The summed E-state index contributed by atoms with van der Waals surface area (Å²) < 4.78 is 6.64. The summed E-state index contributed by atoms with van der Waals surface area (Å²) in [7, 11) is 0. The second-order valence-corrected chi connectivity index (χ2v) is 10.3. The molecule has 2 spiro atoms. The Morgan fingerprint density at radius 2 is 0.974 bits per heavy atom. The lowest BCUT2D eigenvalue weighted by Crippen LogP contribution is -2.51. The van der Waals surface area contributed by atoms with Gasteiger partial charge in [-0.15, -0.1) is 0 Å². The van der Waals surface area contributed by atoms with Gasteiger partial charge in [-0.05, 0) is 23.3 Å². The van der Waals surface area contributed by atoms with Gasteiger partial charge in [-0.25, -0.2) is 0 Å². The third-order valence-corrected chi connectivity index (χ3v) is 8.40. The summed E-state index contributed by atoms with van der Waals surface area (Å²) in [4.78, 5) is 57.7. The third kappa shape index (κ3) is 2.65. The Kier molecular flexibility index (Phi) is 4.78. The molecule has 0 saturated carbocycles. The molecule has 0 unspecified atom stereocenters. The highest BCUT2D eigenvalue weighted by Crippen LogP contribution is 2.67. The minimum atomic E-state index is -2.11. The lowest BCUT2D eigenvalue weighted by Gasteiger charge is -2.34. The van der Waals surface area contributed by atoms with Gasteiger partial charge < -0.3 is 4.74 Å². The molecule has 1 fully saturated rings. The van der Waals surface area contributed by atoms with E-state index in [1.165, 1.54) is 0 Å². The van der Waals surface area contributed by atoms with Crippen molar-refractivity contribution in [2.24, 2.45) is 5.41 Å². The Morgan fingerprint density at radius 3 is 1.47 bits per heavy atom. The molecule has 38 heavy (non-hydrogen) atoms. The largest absolute Gasteiger partial charge is 0.348 e. The first-order valence-electron chi connectivity index (χ1n) is 12.3. The van der Waals surface area contributed by atoms with Crippen LogP contribution in [0.5, 0.6) is 0 Å². The van der Waals surface area contributed by atoms with Crippen molar-refractivity contribution < 1.29 is 23.9 Å². The molecule has 3 aliphatic rings. The molecule has 0 bridgehead atoms. The van der Waals surface area contributed by atoms with Crippen LogP contribution in [-0.4, -0.2) is 28.7 Å². The maximum absolute atomic E-state index is 14.5. The fourth-order valence-corrected chi connectivity index (χ4v) is 6.74. The van der Waals surface area contributed by atoms with E-state index in [1.807, 2.05) is 6.07 Å². The summed E-state index contributed by atoms with van der Waals surface area (Å²) in [6.45, 7) is 0. The van der Waals surface area contributed by atoms with Gasteiger partial charge in [0.25, 0.3) is 0 Å². The molecule has 5 nitrogen and oxygen atoms in total. The standard InChI is InChI=1S/C32H19ClO5/c33-20-16-14-18(15-17-20)25-31(26(34)21-10-4-5-11-22(21)27(31)35)30(19-8-2-1-3-9-19)38-32(25)28(36)23-12-6-7-13-24(23)29(32)37/h1-17,25,30H/t25-,30+/m1/s1. The summed E-state index contributed by atoms with van der Waals surface area (Å²) in [5.74, 6) is -3.24. The predicted octanol–water partition coefficient (Wildman–Crippen LogP) is 6.08. The van der Waals surface area contributed by atoms with Crippen LogP contribution in [0.3, 0.4) is 0 Å². The molecule has 0 radical (unpaired) electrons. The molecule has 0 amide bonds. The molecule has 184 valence electrons. The molecule has 7 rings (SSSR count). The van der Waals surface area contributed by atoms with E-state index in [0.717, 1.165) is 0 Å². The number of hydrogen-bond acceptors (Lipinski definition) is 5. The van der Waals surface area contributed by atoms with Crippen molar-refractivity contribution in [3.63, 3.8) is 0 Å². The summed E-state index contributed by atoms with van der Waals surface area (Å²) in [5, 5.41) is 0.440. The van der Waals surface area contributed by atoms with Crippen LogP contribution >= 0.6 is 11.6 Å². The van der Waals surface area contributed by atoms with Crippen LogP contribution in [0.4, 0.5) is 0 Å². The van der Waals surface area contributed by atoms with Crippen molar-refractivity contribution in [3.05, 3.63) is 142 Å². The monoisotopic (exact) mass is 518 g/mol. The van der Waals surface area contributed by atoms with Crippen LogP contribution in [0.1, 0.15) is 64.6 Å². The van der Waals surface area contributed by atoms with E-state index in [-0.39, 0.29) is 22.3 Å². The van der Waals surface area contributed by atoms with Gasteiger partial charge in [0.1, 0.15) is 11.5 Å². The number of fused-ring (bicyclic) bond motifs is 2.